The van der Waals surface area contributed by atoms with E-state index in [2.05, 4.69) is 16.0 Å². The number of hydrogen-bond donors (Lipinski definition) is 3. The highest BCUT2D eigenvalue weighted by Crippen LogP contribution is 2.41. The number of nitrogens with one attached hydrogen (secondary N) is 3. The molecular weight excluding hydrogens is 273 g/mol. The molecule has 1 aromatic carbocycles. The smallest absolute Gasteiger partial charge is 0.319 e. The van der Waals surface area contributed by atoms with Crippen LogP contribution in [0.5, 0.6) is 0 Å². The van der Waals surface area contributed by atoms with Crippen molar-refractivity contribution in [2.75, 3.05) is 18.4 Å². The molecule has 1 aliphatic heterocycles. The fraction of sp³-hybridized carbons (Fsp3) is 0.417. The van der Waals surface area contributed by atoms with Crippen LogP contribution in [0.1, 0.15) is 0 Å². The number of hydrogen-bond acceptors (Lipinski definition) is 2. The monoisotopic (exact) mass is 285 g/mol. The van der Waals surface area contributed by atoms with Gasteiger partial charge < -0.3 is 16.0 Å². The summed E-state index contributed by atoms with van der Waals surface area (Å²) in [5.41, 5.74) is 0.533. The van der Waals surface area contributed by atoms with Crippen LogP contribution in [0.4, 0.5) is 10.5 Å². The molecule has 1 saturated heterocycles. The van der Waals surface area contributed by atoms with Crippen LogP contribution in [-0.2, 0) is 0 Å². The molecule has 1 aromatic rings. The average molecular weight is 286 g/mol. The summed E-state index contributed by atoms with van der Waals surface area (Å²) < 4.78 is 0. The van der Waals surface area contributed by atoms with E-state index in [1.54, 1.807) is 18.2 Å². The molecule has 96 valence electrons. The number of rotatable bonds is 2. The molecular formula is C12H13Cl2N3O. The summed E-state index contributed by atoms with van der Waals surface area (Å²) in [5, 5.41) is 9.99. The van der Waals surface area contributed by atoms with Crippen LogP contribution in [0, 0.1) is 11.8 Å². The van der Waals surface area contributed by atoms with Gasteiger partial charge in [-0.05, 0) is 30.0 Å². The summed E-state index contributed by atoms with van der Waals surface area (Å²) in [6.45, 7) is 1.99. The molecule has 2 amide bonds. The number of benzene rings is 1. The van der Waals surface area contributed by atoms with E-state index in [4.69, 9.17) is 23.2 Å². The highest BCUT2D eigenvalue weighted by molar-refractivity contribution is 6.35. The normalized spacial score (nSPS) is 28.7. The Labute approximate surface area is 115 Å². The van der Waals surface area contributed by atoms with Crippen molar-refractivity contribution < 1.29 is 4.79 Å². The Bertz CT molecular complexity index is 484. The number of anilines is 1. The zero-order valence-electron chi connectivity index (χ0n) is 9.54. The molecule has 2 aliphatic rings. The molecule has 3 N–H and O–H groups in total. The van der Waals surface area contributed by atoms with Gasteiger partial charge in [-0.1, -0.05) is 23.2 Å². The Balaban J connectivity index is 1.59. The molecule has 0 radical (unpaired) electrons. The van der Waals surface area contributed by atoms with Gasteiger partial charge in [0.15, 0.2) is 0 Å². The number of carbonyl (C=O) groups excluding carboxylic acids is 1. The number of piperidine rings is 1. The molecule has 18 heavy (non-hydrogen) atoms. The van der Waals surface area contributed by atoms with Gasteiger partial charge in [-0.15, -0.1) is 0 Å². The van der Waals surface area contributed by atoms with Gasteiger partial charge in [-0.3, -0.25) is 0 Å². The minimum Gasteiger partial charge on any atom is -0.334 e. The van der Waals surface area contributed by atoms with E-state index in [0.717, 1.165) is 13.1 Å². The zero-order chi connectivity index (χ0) is 12.7. The Morgan fingerprint density at radius 3 is 2.72 bits per heavy atom. The number of amides is 2. The molecule has 0 aromatic heterocycles. The van der Waals surface area contributed by atoms with Gasteiger partial charge in [-0.2, -0.15) is 0 Å². The minimum absolute atomic E-state index is 0.224. The van der Waals surface area contributed by atoms with Crippen LogP contribution in [-0.4, -0.2) is 25.2 Å². The Hall–Kier alpha value is -0.970. The molecule has 6 heteroatoms. The molecule has 4 nitrogen and oxygen atoms in total. The van der Waals surface area contributed by atoms with Crippen LogP contribution in [0.25, 0.3) is 0 Å². The largest absolute Gasteiger partial charge is 0.334 e. The summed E-state index contributed by atoms with van der Waals surface area (Å²) in [7, 11) is 0. The minimum atomic E-state index is -0.224. The summed E-state index contributed by atoms with van der Waals surface area (Å²) in [6.07, 6.45) is 0. The van der Waals surface area contributed by atoms with Gasteiger partial charge in [0.2, 0.25) is 0 Å². The number of carbonyl (C=O) groups is 1. The average Bonchev–Trinajstić information content (AvgIpc) is 2.76. The number of halogens is 2. The van der Waals surface area contributed by atoms with Crippen molar-refractivity contribution in [1.29, 1.82) is 0 Å². The molecule has 0 spiro atoms. The lowest BCUT2D eigenvalue weighted by Crippen LogP contribution is -2.35. The van der Waals surface area contributed by atoms with E-state index >= 15 is 0 Å². The first kappa shape index (κ1) is 12.1. The van der Waals surface area contributed by atoms with Crippen molar-refractivity contribution in [1.82, 2.24) is 10.6 Å². The van der Waals surface area contributed by atoms with E-state index in [-0.39, 0.29) is 6.03 Å². The molecule has 1 aliphatic carbocycles. The highest BCUT2D eigenvalue weighted by Gasteiger charge is 2.53. The lowest BCUT2D eigenvalue weighted by atomic mass is 10.3. The van der Waals surface area contributed by atoms with Gasteiger partial charge in [-0.25, -0.2) is 4.79 Å². The van der Waals surface area contributed by atoms with Crippen LogP contribution >= 0.6 is 23.2 Å². The maximum absolute atomic E-state index is 11.8. The predicted molar refractivity (Wildman–Crippen MR) is 72.3 cm³/mol. The first-order valence-electron chi connectivity index (χ1n) is 5.88. The lowest BCUT2D eigenvalue weighted by molar-refractivity contribution is 0.250. The molecule has 2 atom stereocenters. The van der Waals surface area contributed by atoms with E-state index in [1.165, 1.54) is 0 Å². The van der Waals surface area contributed by atoms with Crippen LogP contribution in [0.15, 0.2) is 18.2 Å². The van der Waals surface area contributed by atoms with Crippen molar-refractivity contribution in [3.05, 3.63) is 28.2 Å². The number of fused-ring (bicyclic) bond motifs is 1. The zero-order valence-corrected chi connectivity index (χ0v) is 11.1. The Kier molecular flexibility index (Phi) is 3.09. The summed E-state index contributed by atoms with van der Waals surface area (Å²) in [6, 6.07) is 5.06. The Morgan fingerprint density at radius 1 is 1.28 bits per heavy atom. The number of urea groups is 1. The highest BCUT2D eigenvalue weighted by atomic mass is 35.5. The summed E-state index contributed by atoms with van der Waals surface area (Å²) in [5.74, 6) is 1.18. The molecule has 1 saturated carbocycles. The van der Waals surface area contributed by atoms with E-state index in [0.29, 0.717) is 33.6 Å². The van der Waals surface area contributed by atoms with Crippen molar-refractivity contribution >= 4 is 34.9 Å². The van der Waals surface area contributed by atoms with Crippen molar-refractivity contribution in [3.8, 4) is 0 Å². The molecule has 2 fully saturated rings. The SMILES string of the molecule is O=C(Nc1cc(Cl)ccc1Cl)NC1C2CNCC21. The molecule has 0 bridgehead atoms. The summed E-state index contributed by atoms with van der Waals surface area (Å²) >= 11 is 11.8. The quantitative estimate of drug-likeness (QED) is 0.781. The fourth-order valence-corrected chi connectivity index (χ4v) is 2.87. The van der Waals surface area contributed by atoms with Crippen LogP contribution < -0.4 is 16.0 Å². The van der Waals surface area contributed by atoms with Crippen LogP contribution in [0.2, 0.25) is 10.0 Å². The van der Waals surface area contributed by atoms with E-state index in [1.807, 2.05) is 0 Å². The van der Waals surface area contributed by atoms with Gasteiger partial charge >= 0.3 is 6.03 Å². The van der Waals surface area contributed by atoms with Gasteiger partial charge in [0.05, 0.1) is 10.7 Å². The molecule has 3 rings (SSSR count). The van der Waals surface area contributed by atoms with Crippen molar-refractivity contribution in [2.24, 2.45) is 11.8 Å². The summed E-state index contributed by atoms with van der Waals surface area (Å²) in [4.78, 5) is 11.8. The standard InChI is InChI=1S/C12H13Cl2N3O/c13-6-1-2-9(14)10(3-6)16-12(18)17-11-7-4-15-5-8(7)11/h1-3,7-8,11,15H,4-5H2,(H2,16,17,18). The second-order valence-corrected chi connectivity index (χ2v) is 5.58. The van der Waals surface area contributed by atoms with Crippen LogP contribution in [0.3, 0.4) is 0 Å². The van der Waals surface area contributed by atoms with Gasteiger partial charge in [0, 0.05) is 24.2 Å². The fourth-order valence-electron chi connectivity index (χ4n) is 2.54. The third-order valence-electron chi connectivity index (χ3n) is 3.57. The predicted octanol–water partition coefficient (Wildman–Crippen LogP) is 2.33. The molecule has 2 unspecified atom stereocenters. The maximum Gasteiger partial charge on any atom is 0.319 e. The Morgan fingerprint density at radius 2 is 2.00 bits per heavy atom. The van der Waals surface area contributed by atoms with E-state index in [9.17, 15) is 4.79 Å². The first-order valence-corrected chi connectivity index (χ1v) is 6.64. The third kappa shape index (κ3) is 2.28. The first-order chi connectivity index (χ1) is 8.65. The second kappa shape index (κ2) is 4.61. The van der Waals surface area contributed by atoms with E-state index < -0.39 is 0 Å². The van der Waals surface area contributed by atoms with Gasteiger partial charge in [0.25, 0.3) is 0 Å². The topological polar surface area (TPSA) is 53.2 Å². The van der Waals surface area contributed by atoms with Gasteiger partial charge in [0.1, 0.15) is 0 Å². The van der Waals surface area contributed by atoms with Crippen molar-refractivity contribution in [2.45, 2.75) is 6.04 Å². The third-order valence-corrected chi connectivity index (χ3v) is 4.13. The lowest BCUT2D eigenvalue weighted by Gasteiger charge is -2.10. The molecule has 1 heterocycles. The second-order valence-electron chi connectivity index (χ2n) is 4.73. The van der Waals surface area contributed by atoms with Crippen molar-refractivity contribution in [3.63, 3.8) is 0 Å². The maximum atomic E-state index is 11.8.